The molecule has 0 bridgehead atoms. The van der Waals surface area contributed by atoms with E-state index in [1.165, 1.54) is 12.1 Å². The number of hydrogen-bond acceptors (Lipinski definition) is 3. The van der Waals surface area contributed by atoms with Gasteiger partial charge in [0.25, 0.3) is 0 Å². The lowest BCUT2D eigenvalue weighted by atomic mass is 10.1. The summed E-state index contributed by atoms with van der Waals surface area (Å²) in [6, 6.07) is 3.96. The van der Waals surface area contributed by atoms with Crippen LogP contribution in [0.15, 0.2) is 18.2 Å². The van der Waals surface area contributed by atoms with Crippen LogP contribution in [0.3, 0.4) is 0 Å². The molecule has 0 atom stereocenters. The Morgan fingerprint density at radius 2 is 2.11 bits per heavy atom. The van der Waals surface area contributed by atoms with Crippen molar-refractivity contribution in [3.8, 4) is 0 Å². The topological polar surface area (TPSA) is 78.4 Å². The normalized spacial score (nSPS) is 10.2. The number of carboxylic acids is 1. The Hall–Kier alpha value is -1.95. The molecular weight excluding hydrogens is 251 g/mol. The van der Waals surface area contributed by atoms with Gasteiger partial charge in [-0.15, -0.1) is 0 Å². The van der Waals surface area contributed by atoms with Crippen LogP contribution in [-0.4, -0.2) is 30.1 Å². The number of nitrogens with one attached hydrogen (secondary N) is 2. The second kappa shape index (κ2) is 7.48. The third kappa shape index (κ3) is 5.05. The van der Waals surface area contributed by atoms with E-state index in [1.807, 2.05) is 6.92 Å². The number of carbonyl (C=O) groups is 2. The van der Waals surface area contributed by atoms with Crippen LogP contribution in [0.2, 0.25) is 0 Å². The van der Waals surface area contributed by atoms with E-state index in [0.717, 1.165) is 0 Å². The molecule has 0 aliphatic carbocycles. The quantitative estimate of drug-likeness (QED) is 0.648. The van der Waals surface area contributed by atoms with Crippen LogP contribution in [0.1, 0.15) is 29.3 Å². The zero-order chi connectivity index (χ0) is 14.3. The second-order valence-corrected chi connectivity index (χ2v) is 4.00. The summed E-state index contributed by atoms with van der Waals surface area (Å²) in [5.74, 6) is -2.08. The van der Waals surface area contributed by atoms with Crippen LogP contribution in [0.5, 0.6) is 0 Å². The van der Waals surface area contributed by atoms with Gasteiger partial charge in [0.1, 0.15) is 5.82 Å². The maximum Gasteiger partial charge on any atom is 0.338 e. The molecule has 19 heavy (non-hydrogen) atoms. The van der Waals surface area contributed by atoms with Gasteiger partial charge in [-0.05, 0) is 24.6 Å². The van der Waals surface area contributed by atoms with Crippen molar-refractivity contribution in [2.45, 2.75) is 19.9 Å². The van der Waals surface area contributed by atoms with Crippen LogP contribution in [0, 0.1) is 5.82 Å². The van der Waals surface area contributed by atoms with E-state index >= 15 is 0 Å². The van der Waals surface area contributed by atoms with Gasteiger partial charge in [0.15, 0.2) is 0 Å². The lowest BCUT2D eigenvalue weighted by molar-refractivity contribution is -0.120. The first-order valence-electron chi connectivity index (χ1n) is 6.03. The van der Waals surface area contributed by atoms with Gasteiger partial charge in [-0.1, -0.05) is 6.07 Å². The molecule has 3 N–H and O–H groups in total. The smallest absolute Gasteiger partial charge is 0.338 e. The molecule has 5 nitrogen and oxygen atoms in total. The van der Waals surface area contributed by atoms with Gasteiger partial charge in [-0.3, -0.25) is 4.79 Å². The van der Waals surface area contributed by atoms with Gasteiger partial charge in [0, 0.05) is 26.1 Å². The molecular formula is C13H17FN2O3. The van der Waals surface area contributed by atoms with E-state index in [9.17, 15) is 14.0 Å². The molecule has 0 radical (unpaired) electrons. The molecule has 1 aromatic rings. The number of benzene rings is 1. The summed E-state index contributed by atoms with van der Waals surface area (Å²) in [4.78, 5) is 21.8. The zero-order valence-corrected chi connectivity index (χ0v) is 10.7. The van der Waals surface area contributed by atoms with E-state index < -0.39 is 11.8 Å². The molecule has 104 valence electrons. The maximum absolute atomic E-state index is 13.4. The predicted octanol–water partition coefficient (Wildman–Crippen LogP) is 1.14. The molecule has 0 aliphatic rings. The van der Waals surface area contributed by atoms with Crippen molar-refractivity contribution in [2.75, 3.05) is 13.1 Å². The van der Waals surface area contributed by atoms with Crippen LogP contribution in [0.4, 0.5) is 4.39 Å². The van der Waals surface area contributed by atoms with Crippen molar-refractivity contribution in [3.05, 3.63) is 35.1 Å². The number of carbonyl (C=O) groups excluding carboxylic acids is 1. The maximum atomic E-state index is 13.4. The molecule has 1 rings (SSSR count). The molecule has 0 fully saturated rings. The zero-order valence-electron chi connectivity index (χ0n) is 10.7. The van der Waals surface area contributed by atoms with E-state index in [4.69, 9.17) is 5.11 Å². The van der Waals surface area contributed by atoms with E-state index in [-0.39, 0.29) is 11.5 Å². The summed E-state index contributed by atoms with van der Waals surface area (Å²) in [5.41, 5.74) is 0.296. The molecule has 1 amide bonds. The van der Waals surface area contributed by atoms with Crippen molar-refractivity contribution >= 4 is 11.9 Å². The van der Waals surface area contributed by atoms with E-state index in [1.54, 1.807) is 6.07 Å². The van der Waals surface area contributed by atoms with Gasteiger partial charge in [0.2, 0.25) is 5.91 Å². The number of rotatable bonds is 7. The Labute approximate surface area is 110 Å². The Balaban J connectivity index is 2.40. The number of aromatic carboxylic acids is 1. The first-order chi connectivity index (χ1) is 9.04. The molecule has 0 saturated heterocycles. The number of halogens is 1. The van der Waals surface area contributed by atoms with E-state index in [0.29, 0.717) is 31.6 Å². The molecule has 6 heteroatoms. The average Bonchev–Trinajstić information content (AvgIpc) is 2.34. The van der Waals surface area contributed by atoms with Crippen LogP contribution >= 0.6 is 0 Å². The Morgan fingerprint density at radius 3 is 2.68 bits per heavy atom. The standard InChI is InChI=1S/C13H17FN2O3/c1-2-16-12(17)5-6-15-8-9-3-4-10(13(18)19)11(14)7-9/h3-4,7,15H,2,5-6,8H2,1H3,(H,16,17)(H,18,19). The minimum absolute atomic E-state index is 0.0394. The monoisotopic (exact) mass is 268 g/mol. The van der Waals surface area contributed by atoms with E-state index in [2.05, 4.69) is 10.6 Å². The molecule has 0 saturated carbocycles. The molecule has 0 heterocycles. The highest BCUT2D eigenvalue weighted by Gasteiger charge is 2.10. The fraction of sp³-hybridized carbons (Fsp3) is 0.385. The highest BCUT2D eigenvalue weighted by molar-refractivity contribution is 5.87. The average molecular weight is 268 g/mol. The first-order valence-corrected chi connectivity index (χ1v) is 6.03. The van der Waals surface area contributed by atoms with Crippen molar-refractivity contribution < 1.29 is 19.1 Å². The molecule has 1 aromatic carbocycles. The summed E-state index contributed by atoms with van der Waals surface area (Å²) in [5, 5.41) is 14.3. The third-order valence-corrected chi connectivity index (χ3v) is 2.50. The molecule has 0 aromatic heterocycles. The fourth-order valence-electron chi connectivity index (χ4n) is 1.56. The van der Waals surface area contributed by atoms with Crippen LogP contribution in [-0.2, 0) is 11.3 Å². The van der Waals surface area contributed by atoms with Gasteiger partial charge in [0.05, 0.1) is 5.56 Å². The molecule has 0 spiro atoms. The third-order valence-electron chi connectivity index (χ3n) is 2.50. The molecule has 0 unspecified atom stereocenters. The summed E-state index contributed by atoms with van der Waals surface area (Å²) in [6.07, 6.45) is 0.351. The number of hydrogen-bond donors (Lipinski definition) is 3. The summed E-state index contributed by atoms with van der Waals surface area (Å²) >= 11 is 0. The largest absolute Gasteiger partial charge is 0.478 e. The van der Waals surface area contributed by atoms with Crippen molar-refractivity contribution in [1.29, 1.82) is 0 Å². The van der Waals surface area contributed by atoms with Crippen molar-refractivity contribution in [2.24, 2.45) is 0 Å². The lowest BCUT2D eigenvalue weighted by Gasteiger charge is -2.06. The Bertz CT molecular complexity index is 463. The highest BCUT2D eigenvalue weighted by atomic mass is 19.1. The first kappa shape index (κ1) is 15.1. The Kier molecular flexibility index (Phi) is 5.95. The highest BCUT2D eigenvalue weighted by Crippen LogP contribution is 2.10. The van der Waals surface area contributed by atoms with Crippen LogP contribution in [0.25, 0.3) is 0 Å². The van der Waals surface area contributed by atoms with Gasteiger partial charge < -0.3 is 15.7 Å². The minimum Gasteiger partial charge on any atom is -0.478 e. The number of carboxylic acid groups (broad SMARTS) is 1. The fourth-order valence-corrected chi connectivity index (χ4v) is 1.56. The second-order valence-electron chi connectivity index (χ2n) is 4.00. The van der Waals surface area contributed by atoms with Gasteiger partial charge >= 0.3 is 5.97 Å². The van der Waals surface area contributed by atoms with Crippen molar-refractivity contribution in [3.63, 3.8) is 0 Å². The predicted molar refractivity (Wildman–Crippen MR) is 68.4 cm³/mol. The summed E-state index contributed by atoms with van der Waals surface area (Å²) in [6.45, 7) is 3.31. The van der Waals surface area contributed by atoms with Gasteiger partial charge in [-0.25, -0.2) is 9.18 Å². The van der Waals surface area contributed by atoms with Crippen molar-refractivity contribution in [1.82, 2.24) is 10.6 Å². The lowest BCUT2D eigenvalue weighted by Crippen LogP contribution is -2.27. The summed E-state index contributed by atoms with van der Waals surface area (Å²) in [7, 11) is 0. The Morgan fingerprint density at radius 1 is 1.37 bits per heavy atom. The SMILES string of the molecule is CCNC(=O)CCNCc1ccc(C(=O)O)c(F)c1. The minimum atomic E-state index is -1.28. The van der Waals surface area contributed by atoms with Crippen LogP contribution < -0.4 is 10.6 Å². The summed E-state index contributed by atoms with van der Waals surface area (Å²) < 4.78 is 13.4. The number of amides is 1. The molecule has 0 aliphatic heterocycles. The van der Waals surface area contributed by atoms with Gasteiger partial charge in [-0.2, -0.15) is 0 Å².